The molecule has 0 saturated carbocycles. The van der Waals surface area contributed by atoms with Crippen LogP contribution in [0.2, 0.25) is 5.02 Å². The third-order valence-electron chi connectivity index (χ3n) is 4.90. The lowest BCUT2D eigenvalue weighted by atomic mass is 10.3. The van der Waals surface area contributed by atoms with Crippen LogP contribution in [0.1, 0.15) is 0 Å². The smallest absolute Gasteiger partial charge is 0.321 e. The van der Waals surface area contributed by atoms with E-state index < -0.39 is 0 Å². The van der Waals surface area contributed by atoms with Crippen LogP contribution in [0.25, 0.3) is 0 Å². The Hall–Kier alpha value is -3.52. The minimum Gasteiger partial charge on any atom is -0.497 e. The highest BCUT2D eigenvalue weighted by molar-refractivity contribution is 6.30. The molecule has 0 unspecified atom stereocenters. The van der Waals surface area contributed by atoms with Crippen molar-refractivity contribution < 1.29 is 14.3 Å². The first-order valence-electron chi connectivity index (χ1n) is 9.81. The van der Waals surface area contributed by atoms with Crippen LogP contribution in [-0.2, 0) is 0 Å². The Balaban J connectivity index is 1.32. The number of methoxy groups -OCH3 is 1. The first kappa shape index (κ1) is 20.7. The number of aromatic nitrogens is 2. The lowest BCUT2D eigenvalue weighted by Crippen LogP contribution is -2.50. The summed E-state index contributed by atoms with van der Waals surface area (Å²) in [5.41, 5.74) is 0.730. The predicted octanol–water partition coefficient (Wildman–Crippen LogP) is 4.29. The lowest BCUT2D eigenvalue weighted by Gasteiger charge is -2.35. The van der Waals surface area contributed by atoms with E-state index in [2.05, 4.69) is 20.2 Å². The molecule has 1 aromatic heterocycles. The van der Waals surface area contributed by atoms with Gasteiger partial charge in [-0.2, -0.15) is 0 Å². The van der Waals surface area contributed by atoms with Crippen molar-refractivity contribution in [3.05, 3.63) is 65.9 Å². The number of ether oxygens (including phenoxy) is 2. The van der Waals surface area contributed by atoms with Crippen molar-refractivity contribution in [3.8, 4) is 17.4 Å². The second-order valence-electron chi connectivity index (χ2n) is 6.90. The van der Waals surface area contributed by atoms with Crippen LogP contribution in [0.5, 0.6) is 17.4 Å². The van der Waals surface area contributed by atoms with Crippen molar-refractivity contribution in [2.24, 2.45) is 0 Å². The van der Waals surface area contributed by atoms with Crippen LogP contribution in [0.15, 0.2) is 60.9 Å². The number of urea groups is 1. The molecule has 1 saturated heterocycles. The van der Waals surface area contributed by atoms with Crippen molar-refractivity contribution in [3.63, 3.8) is 0 Å². The molecule has 1 N–H and O–H groups in total. The summed E-state index contributed by atoms with van der Waals surface area (Å²) in [6.07, 6.45) is 1.48. The van der Waals surface area contributed by atoms with Gasteiger partial charge in [0.1, 0.15) is 23.6 Å². The number of hydrogen-bond acceptors (Lipinski definition) is 6. The number of rotatable bonds is 5. The van der Waals surface area contributed by atoms with E-state index >= 15 is 0 Å². The van der Waals surface area contributed by atoms with Crippen molar-refractivity contribution >= 4 is 29.1 Å². The normalized spacial score (nSPS) is 13.6. The highest BCUT2D eigenvalue weighted by Gasteiger charge is 2.22. The van der Waals surface area contributed by atoms with Gasteiger partial charge in [-0.15, -0.1) is 0 Å². The Morgan fingerprint density at radius 2 is 1.65 bits per heavy atom. The van der Waals surface area contributed by atoms with Gasteiger partial charge >= 0.3 is 6.03 Å². The fourth-order valence-electron chi connectivity index (χ4n) is 3.20. The zero-order valence-electron chi connectivity index (χ0n) is 17.0. The summed E-state index contributed by atoms with van der Waals surface area (Å²) in [6, 6.07) is 16.0. The van der Waals surface area contributed by atoms with Gasteiger partial charge in [0.15, 0.2) is 0 Å². The van der Waals surface area contributed by atoms with Gasteiger partial charge in [0.05, 0.1) is 7.11 Å². The third-order valence-corrected chi connectivity index (χ3v) is 5.15. The SMILES string of the molecule is COc1ccc(NC(=O)N2CCN(c3cc(Oc4ccc(Cl)cc4)ncn3)CC2)cc1. The average Bonchev–Trinajstić information content (AvgIpc) is 2.81. The van der Waals surface area contributed by atoms with Gasteiger partial charge in [-0.25, -0.2) is 14.8 Å². The number of piperazine rings is 1. The third kappa shape index (κ3) is 5.35. The number of carbonyl (C=O) groups excluding carboxylic acids is 1. The molecule has 1 fully saturated rings. The number of hydrogen-bond donors (Lipinski definition) is 1. The Morgan fingerprint density at radius 3 is 2.32 bits per heavy atom. The van der Waals surface area contributed by atoms with Crippen molar-refractivity contribution in [1.82, 2.24) is 14.9 Å². The summed E-state index contributed by atoms with van der Waals surface area (Å²) >= 11 is 5.91. The van der Waals surface area contributed by atoms with Crippen molar-refractivity contribution in [1.29, 1.82) is 0 Å². The minimum absolute atomic E-state index is 0.126. The molecule has 160 valence electrons. The number of nitrogens with one attached hydrogen (secondary N) is 1. The molecular weight excluding hydrogens is 418 g/mol. The standard InChI is InChI=1S/C22H22ClN5O3/c1-30-18-8-4-17(5-9-18)26-22(29)28-12-10-27(11-13-28)20-14-21(25-15-24-20)31-19-6-2-16(23)3-7-19/h2-9,14-15H,10-13H2,1H3,(H,26,29). The largest absolute Gasteiger partial charge is 0.497 e. The number of amides is 2. The van der Waals surface area contributed by atoms with Crippen molar-refractivity contribution in [2.75, 3.05) is 43.5 Å². The molecule has 9 heteroatoms. The molecule has 0 aliphatic carbocycles. The second-order valence-corrected chi connectivity index (χ2v) is 7.34. The van der Waals surface area contributed by atoms with E-state index in [1.54, 1.807) is 42.3 Å². The van der Waals surface area contributed by atoms with Crippen LogP contribution in [0.4, 0.5) is 16.3 Å². The summed E-state index contributed by atoms with van der Waals surface area (Å²) in [5, 5.41) is 3.56. The van der Waals surface area contributed by atoms with E-state index in [0.717, 1.165) is 17.3 Å². The molecule has 0 radical (unpaired) electrons. The first-order chi connectivity index (χ1) is 15.1. The summed E-state index contributed by atoms with van der Waals surface area (Å²) in [4.78, 5) is 25.0. The minimum atomic E-state index is -0.126. The number of carbonyl (C=O) groups is 1. The quantitative estimate of drug-likeness (QED) is 0.639. The van der Waals surface area contributed by atoms with E-state index in [4.69, 9.17) is 21.1 Å². The van der Waals surface area contributed by atoms with Crippen LogP contribution >= 0.6 is 11.6 Å². The zero-order chi connectivity index (χ0) is 21.6. The molecular formula is C22H22ClN5O3. The number of halogens is 1. The maximum atomic E-state index is 12.6. The summed E-state index contributed by atoms with van der Waals surface area (Å²) in [5.74, 6) is 2.60. The molecule has 0 spiro atoms. The molecule has 2 aromatic carbocycles. The average molecular weight is 440 g/mol. The Kier molecular flexibility index (Phi) is 6.37. The van der Waals surface area contributed by atoms with Crippen LogP contribution in [0, 0.1) is 0 Å². The molecule has 2 heterocycles. The van der Waals surface area contributed by atoms with Gasteiger partial charge in [-0.1, -0.05) is 11.6 Å². The fourth-order valence-corrected chi connectivity index (χ4v) is 3.32. The summed E-state index contributed by atoms with van der Waals surface area (Å²) < 4.78 is 10.9. The van der Waals surface area contributed by atoms with Crippen LogP contribution in [0.3, 0.4) is 0 Å². The van der Waals surface area contributed by atoms with Gasteiger partial charge in [0.25, 0.3) is 0 Å². The molecule has 1 aliphatic rings. The van der Waals surface area contributed by atoms with E-state index in [1.807, 2.05) is 24.3 Å². The molecule has 8 nitrogen and oxygen atoms in total. The number of anilines is 2. The molecule has 3 aromatic rings. The number of nitrogens with zero attached hydrogens (tertiary/aromatic N) is 4. The van der Waals surface area contributed by atoms with E-state index in [1.165, 1.54) is 6.33 Å². The molecule has 1 aliphatic heterocycles. The van der Waals surface area contributed by atoms with Crippen LogP contribution in [-0.4, -0.2) is 54.2 Å². The van der Waals surface area contributed by atoms with Gasteiger partial charge in [0, 0.05) is 43.0 Å². The Bertz CT molecular complexity index is 1020. The maximum absolute atomic E-state index is 12.6. The van der Waals surface area contributed by atoms with Gasteiger partial charge < -0.3 is 24.6 Å². The summed E-state index contributed by atoms with van der Waals surface area (Å²) in [7, 11) is 1.61. The Morgan fingerprint density at radius 1 is 0.968 bits per heavy atom. The van der Waals surface area contributed by atoms with Crippen LogP contribution < -0.4 is 19.7 Å². The van der Waals surface area contributed by atoms with Gasteiger partial charge in [0.2, 0.25) is 5.88 Å². The second kappa shape index (κ2) is 9.53. The van der Waals surface area contributed by atoms with Gasteiger partial charge in [-0.05, 0) is 48.5 Å². The van der Waals surface area contributed by atoms with E-state index in [-0.39, 0.29) is 6.03 Å². The predicted molar refractivity (Wildman–Crippen MR) is 119 cm³/mol. The van der Waals surface area contributed by atoms with Gasteiger partial charge in [-0.3, -0.25) is 0 Å². The molecule has 0 bridgehead atoms. The number of benzene rings is 2. The monoisotopic (exact) mass is 439 g/mol. The first-order valence-corrected chi connectivity index (χ1v) is 10.2. The van der Waals surface area contributed by atoms with Crippen molar-refractivity contribution in [2.45, 2.75) is 0 Å². The zero-order valence-corrected chi connectivity index (χ0v) is 17.7. The maximum Gasteiger partial charge on any atom is 0.321 e. The van der Waals surface area contributed by atoms with E-state index in [9.17, 15) is 4.79 Å². The highest BCUT2D eigenvalue weighted by Crippen LogP contribution is 2.24. The highest BCUT2D eigenvalue weighted by atomic mass is 35.5. The molecule has 31 heavy (non-hydrogen) atoms. The Labute approximate surface area is 185 Å². The molecule has 2 amide bonds. The lowest BCUT2D eigenvalue weighted by molar-refractivity contribution is 0.208. The molecule has 0 atom stereocenters. The summed E-state index contributed by atoms with van der Waals surface area (Å²) in [6.45, 7) is 2.49. The fraction of sp³-hybridized carbons (Fsp3) is 0.227. The van der Waals surface area contributed by atoms with E-state index in [0.29, 0.717) is 42.8 Å². The topological polar surface area (TPSA) is 79.8 Å². The molecule has 4 rings (SSSR count).